The Kier molecular flexibility index (Phi) is 7.53. The number of carbonyl (C=O) groups excluding carboxylic acids is 3. The van der Waals surface area contributed by atoms with Gasteiger partial charge in [0.25, 0.3) is 17.6 Å². The fraction of sp³-hybridized carbons (Fsp3) is 0.385. The van der Waals surface area contributed by atoms with Crippen molar-refractivity contribution in [3.8, 4) is 17.5 Å². The zero-order valence-corrected chi connectivity index (χ0v) is 22.0. The number of ketones is 1. The first-order valence-corrected chi connectivity index (χ1v) is 14.7. The van der Waals surface area contributed by atoms with Gasteiger partial charge in [0.1, 0.15) is 17.6 Å². The lowest BCUT2D eigenvalue weighted by molar-refractivity contribution is -0.115. The highest BCUT2D eigenvalue weighted by molar-refractivity contribution is 6.84. The summed E-state index contributed by atoms with van der Waals surface area (Å²) in [6, 6.07) is 5.08. The van der Waals surface area contributed by atoms with Crippen LogP contribution >= 0.6 is 0 Å². The third-order valence-corrected chi connectivity index (χ3v) is 8.25. The summed E-state index contributed by atoms with van der Waals surface area (Å²) >= 11 is 0. The molecule has 0 aliphatic heterocycles. The summed E-state index contributed by atoms with van der Waals surface area (Å²) in [5, 5.41) is 18.8. The summed E-state index contributed by atoms with van der Waals surface area (Å²) in [6.45, 7) is 7.10. The Bertz CT molecular complexity index is 1360. The van der Waals surface area contributed by atoms with Gasteiger partial charge in [-0.15, -0.1) is 11.5 Å². The van der Waals surface area contributed by atoms with Crippen LogP contribution in [-0.2, 0) is 11.8 Å². The number of nitriles is 1. The molecule has 0 spiro atoms. The van der Waals surface area contributed by atoms with Gasteiger partial charge >= 0.3 is 0 Å². The number of anilines is 1. The molecule has 8 nitrogen and oxygen atoms in total. The zero-order valence-electron chi connectivity index (χ0n) is 21.0. The number of benzene rings is 1. The molecule has 3 rings (SSSR count). The maximum Gasteiger partial charge on any atom is 0.299 e. The van der Waals surface area contributed by atoms with Crippen LogP contribution in [0.2, 0.25) is 13.1 Å². The highest BCUT2D eigenvalue weighted by Crippen LogP contribution is 2.36. The molecule has 1 saturated carbocycles. The summed E-state index contributed by atoms with van der Waals surface area (Å²) in [6.07, 6.45) is 1.02. The number of aliphatic hydroxyl groups excluding tert-OH is 1. The lowest BCUT2D eigenvalue weighted by Gasteiger charge is -2.41. The monoisotopic (exact) mass is 508 g/mol. The van der Waals surface area contributed by atoms with Gasteiger partial charge in [0, 0.05) is 36.6 Å². The normalized spacial score (nSPS) is 16.8. The molecule has 0 bridgehead atoms. The molecular formula is C26H29FN4O4Si. The SMILES string of the molecule is Cc1c(C(=O)C(=O)N(c2ccc(F)c(C#N)c2)C2CC(C#C[Si](C)(C)CO)C2)c(C)n(C)c1C(N)=O. The number of aliphatic hydroxyl groups is 1. The lowest BCUT2D eigenvalue weighted by atomic mass is 9.79. The Morgan fingerprint density at radius 1 is 1.28 bits per heavy atom. The van der Waals surface area contributed by atoms with E-state index in [1.165, 1.54) is 21.6 Å². The van der Waals surface area contributed by atoms with Gasteiger partial charge in [-0.3, -0.25) is 14.4 Å². The van der Waals surface area contributed by atoms with Crippen molar-refractivity contribution in [3.63, 3.8) is 0 Å². The molecule has 36 heavy (non-hydrogen) atoms. The topological polar surface area (TPSA) is 129 Å². The predicted octanol–water partition coefficient (Wildman–Crippen LogP) is 2.53. The molecule has 1 heterocycles. The summed E-state index contributed by atoms with van der Waals surface area (Å²) in [5.41, 5.74) is 9.60. The van der Waals surface area contributed by atoms with Crippen LogP contribution in [0.15, 0.2) is 18.2 Å². The number of halogens is 1. The minimum atomic E-state index is -2.02. The van der Waals surface area contributed by atoms with Crippen molar-refractivity contribution in [3.05, 3.63) is 52.1 Å². The molecule has 1 aromatic carbocycles. The van der Waals surface area contributed by atoms with Gasteiger partial charge in [-0.2, -0.15) is 5.26 Å². The van der Waals surface area contributed by atoms with Crippen LogP contribution in [0, 0.1) is 48.4 Å². The molecule has 1 aromatic heterocycles. The number of primary amides is 1. The van der Waals surface area contributed by atoms with Crippen molar-refractivity contribution < 1.29 is 23.9 Å². The van der Waals surface area contributed by atoms with E-state index in [0.29, 0.717) is 24.1 Å². The third-order valence-electron chi connectivity index (χ3n) is 6.64. The van der Waals surface area contributed by atoms with Crippen LogP contribution in [0.4, 0.5) is 10.1 Å². The number of aromatic nitrogens is 1. The van der Waals surface area contributed by atoms with E-state index in [1.54, 1.807) is 27.0 Å². The highest BCUT2D eigenvalue weighted by Gasteiger charge is 2.40. The van der Waals surface area contributed by atoms with Crippen LogP contribution in [0.5, 0.6) is 0 Å². The second-order valence-electron chi connectivity index (χ2n) is 9.77. The van der Waals surface area contributed by atoms with Gasteiger partial charge in [-0.05, 0) is 50.5 Å². The Morgan fingerprint density at radius 2 is 1.92 bits per heavy atom. The number of hydrogen-bond donors (Lipinski definition) is 2. The summed E-state index contributed by atoms with van der Waals surface area (Å²) in [7, 11) is -0.431. The molecule has 0 atom stereocenters. The number of carbonyl (C=O) groups is 3. The second-order valence-corrected chi connectivity index (χ2v) is 14.1. The standard InChI is InChI=1S/C26H29FN4O4Si/c1-15-22(16(2)30(3)23(15)25(29)34)24(33)26(35)31(19-6-7-21(27)18(12-19)13-28)20-10-17(11-20)8-9-36(4,5)14-32/h6-7,12,17,20,32H,10-11,14H2,1-5H3,(H2,29,34). The van der Waals surface area contributed by atoms with E-state index < -0.39 is 37.5 Å². The lowest BCUT2D eigenvalue weighted by Crippen LogP contribution is -2.50. The van der Waals surface area contributed by atoms with E-state index >= 15 is 0 Å². The first-order chi connectivity index (χ1) is 16.8. The first-order valence-electron chi connectivity index (χ1n) is 11.5. The van der Waals surface area contributed by atoms with Crippen molar-refractivity contribution >= 4 is 31.4 Å². The highest BCUT2D eigenvalue weighted by atomic mass is 28.3. The Balaban J connectivity index is 2.01. The van der Waals surface area contributed by atoms with Crippen molar-refractivity contribution in [2.75, 3.05) is 11.1 Å². The van der Waals surface area contributed by atoms with Crippen LogP contribution in [0.3, 0.4) is 0 Å². The van der Waals surface area contributed by atoms with E-state index in [-0.39, 0.29) is 34.7 Å². The van der Waals surface area contributed by atoms with Gasteiger partial charge in [0.15, 0.2) is 8.07 Å². The average Bonchev–Trinajstić information content (AvgIpc) is 3.02. The van der Waals surface area contributed by atoms with E-state index in [4.69, 9.17) is 5.73 Å². The first kappa shape index (κ1) is 26.9. The smallest absolute Gasteiger partial charge is 0.299 e. The number of nitrogens with two attached hydrogens (primary N) is 1. The summed E-state index contributed by atoms with van der Waals surface area (Å²) in [4.78, 5) is 40.3. The number of Topliss-reactive ketones (excluding diaryl/α,β-unsaturated/α-hetero) is 1. The Hall–Kier alpha value is -3.73. The number of nitrogens with zero attached hydrogens (tertiary/aromatic N) is 3. The largest absolute Gasteiger partial charge is 0.398 e. The summed E-state index contributed by atoms with van der Waals surface area (Å²) in [5.74, 6) is 0.0547. The Morgan fingerprint density at radius 3 is 2.44 bits per heavy atom. The van der Waals surface area contributed by atoms with E-state index in [9.17, 15) is 29.1 Å². The van der Waals surface area contributed by atoms with E-state index in [2.05, 4.69) is 11.5 Å². The molecule has 10 heteroatoms. The quantitative estimate of drug-likeness (QED) is 0.268. The van der Waals surface area contributed by atoms with Crippen LogP contribution in [0.25, 0.3) is 0 Å². The van der Waals surface area contributed by atoms with Crippen molar-refractivity contribution in [1.29, 1.82) is 5.26 Å². The third kappa shape index (κ3) is 4.96. The molecule has 1 aliphatic carbocycles. The zero-order chi connectivity index (χ0) is 26.9. The molecule has 1 fully saturated rings. The van der Waals surface area contributed by atoms with Gasteiger partial charge in [0.2, 0.25) is 0 Å². The molecular weight excluding hydrogens is 479 g/mol. The predicted molar refractivity (Wildman–Crippen MR) is 135 cm³/mol. The van der Waals surface area contributed by atoms with Crippen LogP contribution in [0.1, 0.15) is 50.5 Å². The minimum Gasteiger partial charge on any atom is -0.398 e. The Labute approximate surface area is 210 Å². The maximum atomic E-state index is 14.0. The number of rotatable bonds is 6. The van der Waals surface area contributed by atoms with Crippen molar-refractivity contribution in [1.82, 2.24) is 4.57 Å². The molecule has 2 aromatic rings. The van der Waals surface area contributed by atoms with E-state index in [0.717, 1.165) is 6.07 Å². The molecule has 2 amide bonds. The molecule has 3 N–H and O–H groups in total. The number of hydrogen-bond acceptors (Lipinski definition) is 5. The van der Waals surface area contributed by atoms with Crippen molar-refractivity contribution in [2.24, 2.45) is 18.7 Å². The number of amides is 2. The maximum absolute atomic E-state index is 14.0. The molecule has 0 radical (unpaired) electrons. The second kappa shape index (κ2) is 10.1. The summed E-state index contributed by atoms with van der Waals surface area (Å²) < 4.78 is 15.5. The van der Waals surface area contributed by atoms with Gasteiger partial charge in [-0.1, -0.05) is 13.1 Å². The fourth-order valence-corrected chi connectivity index (χ4v) is 5.05. The van der Waals surface area contributed by atoms with Gasteiger partial charge in [0.05, 0.1) is 11.1 Å². The molecule has 0 saturated heterocycles. The average molecular weight is 509 g/mol. The van der Waals surface area contributed by atoms with Crippen LogP contribution < -0.4 is 10.6 Å². The molecule has 0 unspecified atom stereocenters. The fourth-order valence-electron chi connectivity index (χ4n) is 4.37. The van der Waals surface area contributed by atoms with Gasteiger partial charge < -0.3 is 20.3 Å². The molecule has 1 aliphatic rings. The van der Waals surface area contributed by atoms with Gasteiger partial charge in [-0.25, -0.2) is 4.39 Å². The van der Waals surface area contributed by atoms with Crippen LogP contribution in [-0.4, -0.2) is 47.6 Å². The molecule has 188 valence electrons. The van der Waals surface area contributed by atoms with Crippen molar-refractivity contribution in [2.45, 2.75) is 45.8 Å². The minimum absolute atomic E-state index is 0.0173. The van der Waals surface area contributed by atoms with E-state index in [1.807, 2.05) is 13.1 Å².